The van der Waals surface area contributed by atoms with Crippen LogP contribution in [0.1, 0.15) is 45.2 Å². The minimum Gasteiger partial charge on any atom is -0.358 e. The van der Waals surface area contributed by atoms with Crippen molar-refractivity contribution in [3.63, 3.8) is 0 Å². The van der Waals surface area contributed by atoms with E-state index in [-0.39, 0.29) is 0 Å². The van der Waals surface area contributed by atoms with E-state index in [4.69, 9.17) is 0 Å². The van der Waals surface area contributed by atoms with E-state index in [9.17, 15) is 0 Å². The Morgan fingerprint density at radius 2 is 2.00 bits per heavy atom. The molecule has 1 heterocycles. The standard InChI is InChI=1S/C15H26N4/c1-12(2)16-8-14-9-18-15(10-17-14)19(3)11-13-6-4-5-7-13/h9-10,12-13,16H,4-8,11H2,1-3H3. The van der Waals surface area contributed by atoms with E-state index in [0.29, 0.717) is 6.04 Å². The number of hydrogen-bond donors (Lipinski definition) is 1. The fourth-order valence-electron chi connectivity index (χ4n) is 2.62. The molecule has 106 valence electrons. The molecule has 0 bridgehead atoms. The second-order valence-electron chi connectivity index (χ2n) is 5.93. The summed E-state index contributed by atoms with van der Waals surface area (Å²) < 4.78 is 0. The van der Waals surface area contributed by atoms with Crippen molar-refractivity contribution in [3.05, 3.63) is 18.1 Å². The maximum absolute atomic E-state index is 4.52. The Hall–Kier alpha value is -1.16. The minimum absolute atomic E-state index is 0.478. The highest BCUT2D eigenvalue weighted by Crippen LogP contribution is 2.26. The maximum Gasteiger partial charge on any atom is 0.146 e. The highest BCUT2D eigenvalue weighted by molar-refractivity contribution is 5.34. The lowest BCUT2D eigenvalue weighted by atomic mass is 10.1. The summed E-state index contributed by atoms with van der Waals surface area (Å²) >= 11 is 0. The zero-order valence-corrected chi connectivity index (χ0v) is 12.4. The third kappa shape index (κ3) is 4.46. The first-order valence-corrected chi connectivity index (χ1v) is 7.40. The predicted octanol–water partition coefficient (Wildman–Crippen LogP) is 2.60. The van der Waals surface area contributed by atoms with Crippen LogP contribution in [-0.4, -0.2) is 29.6 Å². The molecule has 0 amide bonds. The number of hydrogen-bond acceptors (Lipinski definition) is 4. The molecule has 1 fully saturated rings. The molecule has 2 rings (SSSR count). The Balaban J connectivity index is 1.86. The van der Waals surface area contributed by atoms with Crippen molar-refractivity contribution < 1.29 is 0 Å². The summed E-state index contributed by atoms with van der Waals surface area (Å²) in [6.45, 7) is 6.17. The fourth-order valence-corrected chi connectivity index (χ4v) is 2.62. The topological polar surface area (TPSA) is 41.1 Å². The van der Waals surface area contributed by atoms with Crippen LogP contribution in [0.5, 0.6) is 0 Å². The van der Waals surface area contributed by atoms with Crippen molar-refractivity contribution in [1.82, 2.24) is 15.3 Å². The number of aromatic nitrogens is 2. The molecule has 4 heteroatoms. The molecule has 0 saturated heterocycles. The highest BCUT2D eigenvalue weighted by Gasteiger charge is 2.17. The van der Waals surface area contributed by atoms with Gasteiger partial charge < -0.3 is 10.2 Å². The van der Waals surface area contributed by atoms with Crippen LogP contribution in [0.25, 0.3) is 0 Å². The van der Waals surface area contributed by atoms with Gasteiger partial charge in [0.15, 0.2) is 0 Å². The van der Waals surface area contributed by atoms with Crippen molar-refractivity contribution in [2.45, 2.75) is 52.1 Å². The molecule has 0 aromatic carbocycles. The summed E-state index contributed by atoms with van der Waals surface area (Å²) in [5.74, 6) is 1.83. The van der Waals surface area contributed by atoms with Gasteiger partial charge >= 0.3 is 0 Å². The van der Waals surface area contributed by atoms with Gasteiger partial charge in [0.05, 0.1) is 18.1 Å². The van der Waals surface area contributed by atoms with Crippen LogP contribution in [0.15, 0.2) is 12.4 Å². The molecule has 0 radical (unpaired) electrons. The smallest absolute Gasteiger partial charge is 0.146 e. The molecule has 0 atom stereocenters. The van der Waals surface area contributed by atoms with Gasteiger partial charge in [0.2, 0.25) is 0 Å². The molecular formula is C15H26N4. The number of rotatable bonds is 6. The molecule has 0 aliphatic heterocycles. The second-order valence-corrected chi connectivity index (χ2v) is 5.93. The van der Waals surface area contributed by atoms with Gasteiger partial charge in [-0.1, -0.05) is 26.7 Å². The van der Waals surface area contributed by atoms with Crippen molar-refractivity contribution >= 4 is 5.82 Å². The van der Waals surface area contributed by atoms with Crippen molar-refractivity contribution in [2.24, 2.45) is 5.92 Å². The molecule has 1 aromatic heterocycles. The molecule has 0 unspecified atom stereocenters. The summed E-state index contributed by atoms with van der Waals surface area (Å²) in [6.07, 6.45) is 9.30. The molecule has 1 saturated carbocycles. The minimum atomic E-state index is 0.478. The van der Waals surface area contributed by atoms with Crippen molar-refractivity contribution in [1.29, 1.82) is 0 Å². The Kier molecular flexibility index (Phi) is 5.14. The lowest BCUT2D eigenvalue weighted by Crippen LogP contribution is -2.25. The average Bonchev–Trinajstić information content (AvgIpc) is 2.89. The third-order valence-corrected chi connectivity index (χ3v) is 3.78. The van der Waals surface area contributed by atoms with Crippen molar-refractivity contribution in [3.8, 4) is 0 Å². The molecule has 1 N–H and O–H groups in total. The lowest BCUT2D eigenvalue weighted by Gasteiger charge is -2.21. The number of nitrogens with zero attached hydrogens (tertiary/aromatic N) is 3. The monoisotopic (exact) mass is 262 g/mol. The zero-order valence-electron chi connectivity index (χ0n) is 12.4. The summed E-state index contributed by atoms with van der Waals surface area (Å²) in [5.41, 5.74) is 1.01. The first-order valence-electron chi connectivity index (χ1n) is 7.40. The molecule has 4 nitrogen and oxygen atoms in total. The van der Waals surface area contributed by atoms with E-state index in [0.717, 1.165) is 30.5 Å². The average molecular weight is 262 g/mol. The number of nitrogens with one attached hydrogen (secondary N) is 1. The summed E-state index contributed by atoms with van der Waals surface area (Å²) in [4.78, 5) is 11.2. The van der Waals surface area contributed by atoms with E-state index < -0.39 is 0 Å². The van der Waals surface area contributed by atoms with Crippen LogP contribution in [0.2, 0.25) is 0 Å². The Labute approximate surface area is 116 Å². The normalized spacial score (nSPS) is 16.2. The van der Waals surface area contributed by atoms with E-state index in [1.54, 1.807) is 0 Å². The quantitative estimate of drug-likeness (QED) is 0.855. The van der Waals surface area contributed by atoms with Gasteiger partial charge in [-0.25, -0.2) is 4.98 Å². The van der Waals surface area contributed by atoms with E-state index in [1.165, 1.54) is 25.7 Å². The van der Waals surface area contributed by atoms with Crippen molar-refractivity contribution in [2.75, 3.05) is 18.5 Å². The lowest BCUT2D eigenvalue weighted by molar-refractivity contribution is 0.544. The highest BCUT2D eigenvalue weighted by atomic mass is 15.2. The molecule has 0 spiro atoms. The van der Waals surface area contributed by atoms with Gasteiger partial charge in [0.1, 0.15) is 5.82 Å². The molecule has 1 aromatic rings. The van der Waals surface area contributed by atoms with Gasteiger partial charge in [0.25, 0.3) is 0 Å². The third-order valence-electron chi connectivity index (χ3n) is 3.78. The first-order chi connectivity index (χ1) is 9.15. The summed E-state index contributed by atoms with van der Waals surface area (Å²) in [5, 5.41) is 3.35. The number of anilines is 1. The Bertz CT molecular complexity index is 368. The zero-order chi connectivity index (χ0) is 13.7. The van der Waals surface area contributed by atoms with Gasteiger partial charge in [-0.05, 0) is 18.8 Å². The van der Waals surface area contributed by atoms with Crippen LogP contribution in [0.4, 0.5) is 5.82 Å². The Morgan fingerprint density at radius 3 is 2.58 bits per heavy atom. The van der Waals surface area contributed by atoms with E-state index >= 15 is 0 Å². The van der Waals surface area contributed by atoms with Crippen LogP contribution in [0, 0.1) is 5.92 Å². The summed E-state index contributed by atoms with van der Waals surface area (Å²) in [6, 6.07) is 0.478. The van der Waals surface area contributed by atoms with E-state index in [2.05, 4.69) is 41.1 Å². The SMILES string of the molecule is CC(C)NCc1cnc(N(C)CC2CCCC2)cn1. The van der Waals surface area contributed by atoms with Crippen LogP contribution >= 0.6 is 0 Å². The predicted molar refractivity (Wildman–Crippen MR) is 79.2 cm³/mol. The van der Waals surface area contributed by atoms with Gasteiger partial charge in [-0.15, -0.1) is 0 Å². The van der Waals surface area contributed by atoms with Crippen LogP contribution in [-0.2, 0) is 6.54 Å². The molecule has 19 heavy (non-hydrogen) atoms. The fraction of sp³-hybridized carbons (Fsp3) is 0.733. The molecule has 1 aliphatic rings. The van der Waals surface area contributed by atoms with Gasteiger partial charge in [-0.2, -0.15) is 0 Å². The maximum atomic E-state index is 4.52. The largest absolute Gasteiger partial charge is 0.358 e. The van der Waals surface area contributed by atoms with Gasteiger partial charge in [-0.3, -0.25) is 4.98 Å². The van der Waals surface area contributed by atoms with E-state index in [1.807, 2.05) is 12.4 Å². The second kappa shape index (κ2) is 6.85. The first kappa shape index (κ1) is 14.3. The molecular weight excluding hydrogens is 236 g/mol. The van der Waals surface area contributed by atoms with Crippen LogP contribution < -0.4 is 10.2 Å². The van der Waals surface area contributed by atoms with Gasteiger partial charge in [0, 0.05) is 26.2 Å². The Morgan fingerprint density at radius 1 is 1.26 bits per heavy atom. The summed E-state index contributed by atoms with van der Waals surface area (Å²) in [7, 11) is 2.12. The molecule has 1 aliphatic carbocycles. The van der Waals surface area contributed by atoms with Crippen LogP contribution in [0.3, 0.4) is 0 Å².